The SMILES string of the molecule is C=CCNC(=O)Nc1ccc(NC(=O)c2ccc(CNC(C)=O)cc2)cc1. The quantitative estimate of drug-likeness (QED) is 0.567. The number of carbonyl (C=O) groups excluding carboxylic acids is 3. The summed E-state index contributed by atoms with van der Waals surface area (Å²) in [6, 6.07) is 13.4. The first-order valence-electron chi connectivity index (χ1n) is 8.38. The lowest BCUT2D eigenvalue weighted by Crippen LogP contribution is -2.28. The van der Waals surface area contributed by atoms with Gasteiger partial charge in [0.15, 0.2) is 0 Å². The molecular formula is C20H22N4O3. The molecule has 0 spiro atoms. The van der Waals surface area contributed by atoms with Crippen LogP contribution < -0.4 is 21.3 Å². The number of amides is 4. The van der Waals surface area contributed by atoms with E-state index in [4.69, 9.17) is 0 Å². The van der Waals surface area contributed by atoms with Gasteiger partial charge < -0.3 is 21.3 Å². The Morgan fingerprint density at radius 1 is 0.889 bits per heavy atom. The number of rotatable bonds is 7. The van der Waals surface area contributed by atoms with Crippen LogP contribution in [0.5, 0.6) is 0 Å². The van der Waals surface area contributed by atoms with Crippen LogP contribution in [0.2, 0.25) is 0 Å². The van der Waals surface area contributed by atoms with E-state index < -0.39 is 0 Å². The molecule has 2 aromatic carbocycles. The lowest BCUT2D eigenvalue weighted by Gasteiger charge is -2.09. The first kappa shape index (κ1) is 19.7. The van der Waals surface area contributed by atoms with Crippen molar-refractivity contribution in [2.75, 3.05) is 17.2 Å². The van der Waals surface area contributed by atoms with Crippen LogP contribution in [-0.4, -0.2) is 24.4 Å². The molecule has 0 atom stereocenters. The lowest BCUT2D eigenvalue weighted by molar-refractivity contribution is -0.119. The van der Waals surface area contributed by atoms with E-state index in [1.807, 2.05) is 0 Å². The number of carbonyl (C=O) groups is 3. The standard InChI is InChI=1S/C20H22N4O3/c1-3-12-21-20(27)24-18-10-8-17(9-11-18)23-19(26)16-6-4-15(5-7-16)13-22-14(2)25/h3-11H,1,12-13H2,2H3,(H,22,25)(H,23,26)(H2,21,24,27). The molecule has 7 heteroatoms. The largest absolute Gasteiger partial charge is 0.352 e. The molecule has 0 bridgehead atoms. The monoisotopic (exact) mass is 366 g/mol. The summed E-state index contributed by atoms with van der Waals surface area (Å²) < 4.78 is 0. The number of urea groups is 1. The molecule has 4 amide bonds. The molecule has 4 N–H and O–H groups in total. The molecule has 0 heterocycles. The fourth-order valence-corrected chi connectivity index (χ4v) is 2.18. The van der Waals surface area contributed by atoms with Gasteiger partial charge in [0.1, 0.15) is 0 Å². The summed E-state index contributed by atoms with van der Waals surface area (Å²) in [5, 5.41) is 10.8. The second kappa shape index (κ2) is 9.76. The smallest absolute Gasteiger partial charge is 0.319 e. The fourth-order valence-electron chi connectivity index (χ4n) is 2.18. The van der Waals surface area contributed by atoms with Crippen LogP contribution in [0.3, 0.4) is 0 Å². The maximum absolute atomic E-state index is 12.3. The van der Waals surface area contributed by atoms with E-state index in [1.165, 1.54) is 6.92 Å². The van der Waals surface area contributed by atoms with Crippen molar-refractivity contribution in [3.05, 3.63) is 72.3 Å². The van der Waals surface area contributed by atoms with E-state index in [1.54, 1.807) is 54.6 Å². The van der Waals surface area contributed by atoms with Crippen LogP contribution in [0.4, 0.5) is 16.2 Å². The first-order valence-corrected chi connectivity index (χ1v) is 8.38. The maximum Gasteiger partial charge on any atom is 0.319 e. The summed E-state index contributed by atoms with van der Waals surface area (Å²) in [6.45, 7) is 5.78. The molecule has 0 radical (unpaired) electrons. The van der Waals surface area contributed by atoms with Crippen molar-refractivity contribution in [3.8, 4) is 0 Å². The third-order valence-corrected chi connectivity index (χ3v) is 3.57. The van der Waals surface area contributed by atoms with E-state index in [9.17, 15) is 14.4 Å². The third-order valence-electron chi connectivity index (χ3n) is 3.57. The van der Waals surface area contributed by atoms with Gasteiger partial charge in [-0.2, -0.15) is 0 Å². The Labute approximate surface area is 157 Å². The Hall–Kier alpha value is -3.61. The van der Waals surface area contributed by atoms with Crippen molar-refractivity contribution in [2.24, 2.45) is 0 Å². The summed E-state index contributed by atoms with van der Waals surface area (Å²) in [6.07, 6.45) is 1.59. The van der Waals surface area contributed by atoms with Crippen molar-refractivity contribution >= 4 is 29.2 Å². The number of nitrogens with one attached hydrogen (secondary N) is 4. The molecule has 2 rings (SSSR count). The molecular weight excluding hydrogens is 344 g/mol. The second-order valence-electron chi connectivity index (χ2n) is 5.76. The van der Waals surface area contributed by atoms with Gasteiger partial charge in [-0.1, -0.05) is 18.2 Å². The Morgan fingerprint density at radius 2 is 1.48 bits per heavy atom. The van der Waals surface area contributed by atoms with Crippen LogP contribution in [0.1, 0.15) is 22.8 Å². The molecule has 0 fully saturated rings. The predicted molar refractivity (Wildman–Crippen MR) is 106 cm³/mol. The summed E-state index contributed by atoms with van der Waals surface area (Å²) in [7, 11) is 0. The van der Waals surface area contributed by atoms with Gasteiger partial charge in [-0.05, 0) is 42.0 Å². The van der Waals surface area contributed by atoms with E-state index >= 15 is 0 Å². The number of anilines is 2. The molecule has 0 aliphatic heterocycles. The van der Waals surface area contributed by atoms with Crippen LogP contribution in [0, 0.1) is 0 Å². The summed E-state index contributed by atoms with van der Waals surface area (Å²) in [5.74, 6) is -0.349. The van der Waals surface area contributed by atoms with Gasteiger partial charge in [-0.15, -0.1) is 6.58 Å². The zero-order chi connectivity index (χ0) is 19.6. The van der Waals surface area contributed by atoms with Gasteiger partial charge in [0, 0.05) is 37.0 Å². The van der Waals surface area contributed by atoms with Gasteiger partial charge in [-0.3, -0.25) is 9.59 Å². The summed E-state index contributed by atoms with van der Waals surface area (Å²) >= 11 is 0. The molecule has 7 nitrogen and oxygen atoms in total. The third kappa shape index (κ3) is 6.66. The number of hydrogen-bond acceptors (Lipinski definition) is 3. The lowest BCUT2D eigenvalue weighted by atomic mass is 10.1. The van der Waals surface area contributed by atoms with Crippen molar-refractivity contribution in [3.63, 3.8) is 0 Å². The van der Waals surface area contributed by atoms with Crippen LogP contribution >= 0.6 is 0 Å². The average molecular weight is 366 g/mol. The molecule has 0 aliphatic carbocycles. The highest BCUT2D eigenvalue weighted by molar-refractivity contribution is 6.04. The predicted octanol–water partition coefficient (Wildman–Crippen LogP) is 2.88. The van der Waals surface area contributed by atoms with Crippen LogP contribution in [0.25, 0.3) is 0 Å². The minimum Gasteiger partial charge on any atom is -0.352 e. The van der Waals surface area contributed by atoms with E-state index in [0.717, 1.165) is 5.56 Å². The van der Waals surface area contributed by atoms with Crippen molar-refractivity contribution in [1.82, 2.24) is 10.6 Å². The Morgan fingerprint density at radius 3 is 2.04 bits per heavy atom. The second-order valence-corrected chi connectivity index (χ2v) is 5.76. The van der Waals surface area contributed by atoms with E-state index in [0.29, 0.717) is 30.0 Å². The first-order chi connectivity index (χ1) is 13.0. The van der Waals surface area contributed by atoms with Crippen molar-refractivity contribution in [2.45, 2.75) is 13.5 Å². The topological polar surface area (TPSA) is 99.3 Å². The molecule has 27 heavy (non-hydrogen) atoms. The Bertz CT molecular complexity index is 814. The van der Waals surface area contributed by atoms with Crippen molar-refractivity contribution < 1.29 is 14.4 Å². The highest BCUT2D eigenvalue weighted by Crippen LogP contribution is 2.15. The highest BCUT2D eigenvalue weighted by atomic mass is 16.2. The highest BCUT2D eigenvalue weighted by Gasteiger charge is 2.07. The number of benzene rings is 2. The van der Waals surface area contributed by atoms with E-state index in [-0.39, 0.29) is 17.8 Å². The maximum atomic E-state index is 12.3. The normalized spacial score (nSPS) is 9.81. The van der Waals surface area contributed by atoms with E-state index in [2.05, 4.69) is 27.8 Å². The Balaban J connectivity index is 1.90. The van der Waals surface area contributed by atoms with Gasteiger partial charge in [-0.25, -0.2) is 4.79 Å². The zero-order valence-corrected chi connectivity index (χ0v) is 15.0. The van der Waals surface area contributed by atoms with Gasteiger partial charge in [0.2, 0.25) is 5.91 Å². The molecule has 140 valence electrons. The average Bonchev–Trinajstić information content (AvgIpc) is 2.66. The Kier molecular flexibility index (Phi) is 7.13. The molecule has 0 aliphatic rings. The van der Waals surface area contributed by atoms with Crippen LogP contribution in [-0.2, 0) is 11.3 Å². The minimum atomic E-state index is -0.328. The van der Waals surface area contributed by atoms with Gasteiger partial charge in [0.05, 0.1) is 0 Å². The fraction of sp³-hybridized carbons (Fsp3) is 0.150. The molecule has 0 saturated heterocycles. The van der Waals surface area contributed by atoms with Gasteiger partial charge in [0.25, 0.3) is 5.91 Å². The molecule has 0 saturated carbocycles. The van der Waals surface area contributed by atoms with Crippen molar-refractivity contribution in [1.29, 1.82) is 0 Å². The summed E-state index contributed by atoms with van der Waals surface area (Å²) in [4.78, 5) is 34.8. The molecule has 0 aromatic heterocycles. The van der Waals surface area contributed by atoms with Crippen LogP contribution in [0.15, 0.2) is 61.2 Å². The van der Waals surface area contributed by atoms with Gasteiger partial charge >= 0.3 is 6.03 Å². The zero-order valence-electron chi connectivity index (χ0n) is 15.0. The molecule has 0 unspecified atom stereocenters. The minimum absolute atomic E-state index is 0.104. The number of hydrogen-bond donors (Lipinski definition) is 4. The summed E-state index contributed by atoms with van der Waals surface area (Å²) in [5.41, 5.74) is 2.63. The molecule has 2 aromatic rings.